The van der Waals surface area contributed by atoms with E-state index in [1.54, 1.807) is 30.3 Å². The van der Waals surface area contributed by atoms with Gasteiger partial charge in [-0.15, -0.1) is 0 Å². The van der Waals surface area contributed by atoms with Crippen LogP contribution in [0.25, 0.3) is 0 Å². The van der Waals surface area contributed by atoms with Crippen molar-refractivity contribution in [3.63, 3.8) is 0 Å². The highest BCUT2D eigenvalue weighted by atomic mass is 31.2. The third kappa shape index (κ3) is 9.09. The second kappa shape index (κ2) is 14.2. The van der Waals surface area contributed by atoms with Crippen molar-refractivity contribution in [1.82, 2.24) is 10.6 Å². The van der Waals surface area contributed by atoms with Crippen molar-refractivity contribution in [2.75, 3.05) is 0 Å². The normalized spacial score (nSPS) is 13.8. The summed E-state index contributed by atoms with van der Waals surface area (Å²) in [4.78, 5) is 74.1. The maximum Gasteiger partial charge on any atom is 0.399 e. The molecule has 0 aliphatic rings. The van der Waals surface area contributed by atoms with E-state index < -0.39 is 73.9 Å². The molecule has 3 aromatic rings. The van der Waals surface area contributed by atoms with E-state index in [1.165, 1.54) is 0 Å². The molecule has 2 atom stereocenters. The van der Waals surface area contributed by atoms with Crippen molar-refractivity contribution >= 4 is 32.9 Å². The van der Waals surface area contributed by atoms with Crippen LogP contribution >= 0.6 is 15.2 Å². The van der Waals surface area contributed by atoms with Crippen LogP contribution in [-0.2, 0) is 54.1 Å². The minimum atomic E-state index is -5.81. The average Bonchev–Trinajstić information content (AvgIpc) is 2.96. The minimum absolute atomic E-state index is 0.0660. The number of nitrogens with one attached hydrogen (secondary N) is 2. The number of alkyl halides is 4. The van der Waals surface area contributed by atoms with Gasteiger partial charge < -0.3 is 35.9 Å². The molecule has 46 heavy (non-hydrogen) atoms. The van der Waals surface area contributed by atoms with E-state index >= 15 is 0 Å². The maximum atomic E-state index is 14.0. The first kappa shape index (κ1) is 36.6. The average molecular weight is 689 g/mol. The molecule has 18 heteroatoms. The van der Waals surface area contributed by atoms with E-state index in [9.17, 15) is 41.1 Å². The molecule has 0 aliphatic heterocycles. The lowest BCUT2D eigenvalue weighted by molar-refractivity contribution is -0.131. The Morgan fingerprint density at radius 1 is 0.652 bits per heavy atom. The molecule has 0 saturated heterocycles. The topological polar surface area (TPSA) is 216 Å². The number of carbonyl (C=O) groups is 3. The fourth-order valence-electron chi connectivity index (χ4n) is 4.22. The quantitative estimate of drug-likeness (QED) is 0.0977. The van der Waals surface area contributed by atoms with Gasteiger partial charge in [0, 0.05) is 24.0 Å². The van der Waals surface area contributed by atoms with Gasteiger partial charge in [0.2, 0.25) is 17.7 Å². The molecular weight excluding hydrogens is 660 g/mol. The van der Waals surface area contributed by atoms with Crippen LogP contribution in [0, 0.1) is 0 Å². The van der Waals surface area contributed by atoms with E-state index in [4.69, 9.17) is 25.3 Å². The van der Waals surface area contributed by atoms with Crippen molar-refractivity contribution in [2.24, 2.45) is 5.73 Å². The monoisotopic (exact) mass is 689 g/mol. The number of primary amides is 1. The molecule has 248 valence electrons. The van der Waals surface area contributed by atoms with Crippen LogP contribution in [0.2, 0.25) is 0 Å². The van der Waals surface area contributed by atoms with Crippen LogP contribution in [0.5, 0.6) is 0 Å². The Labute approximate surface area is 259 Å². The first-order valence-corrected chi connectivity index (χ1v) is 16.4. The molecule has 0 aliphatic carbocycles. The number of benzene rings is 3. The first-order chi connectivity index (χ1) is 21.2. The third-order valence-electron chi connectivity index (χ3n) is 6.73. The van der Waals surface area contributed by atoms with Gasteiger partial charge in [-0.05, 0) is 16.7 Å². The predicted molar refractivity (Wildman–Crippen MR) is 155 cm³/mol. The lowest BCUT2D eigenvalue weighted by Gasteiger charge is -2.23. The summed E-state index contributed by atoms with van der Waals surface area (Å²) < 4.78 is 78.1. The zero-order valence-electron chi connectivity index (χ0n) is 23.6. The van der Waals surface area contributed by atoms with Gasteiger partial charge in [-0.25, -0.2) is 0 Å². The highest BCUT2D eigenvalue weighted by Crippen LogP contribution is 2.60. The SMILES string of the molecule is NC(=O)[C@H](Cc1ccc(C(F)(F)P(=O)(O)O)cc1)NC(=O)[C@H](Cc1ccccc1)NC(=O)Cc1ccc(C(F)(F)P(=O)(O)O)cc1. The number of rotatable bonds is 14. The number of nitrogens with two attached hydrogens (primary N) is 1. The zero-order valence-corrected chi connectivity index (χ0v) is 25.4. The van der Waals surface area contributed by atoms with E-state index in [0.717, 1.165) is 48.5 Å². The molecule has 0 unspecified atom stereocenters. The summed E-state index contributed by atoms with van der Waals surface area (Å²) in [5.74, 6) is -2.62. The summed E-state index contributed by atoms with van der Waals surface area (Å²) in [6.07, 6.45) is -0.797. The molecule has 0 radical (unpaired) electrons. The Morgan fingerprint density at radius 2 is 1.07 bits per heavy atom. The lowest BCUT2D eigenvalue weighted by atomic mass is 10.0. The summed E-state index contributed by atoms with van der Waals surface area (Å²) in [6, 6.07) is 13.0. The molecule has 12 nitrogen and oxygen atoms in total. The van der Waals surface area contributed by atoms with Gasteiger partial charge in [0.25, 0.3) is 0 Å². The van der Waals surface area contributed by atoms with Gasteiger partial charge in [0.1, 0.15) is 12.1 Å². The zero-order chi connectivity index (χ0) is 34.5. The fourth-order valence-corrected chi connectivity index (χ4v) is 5.19. The van der Waals surface area contributed by atoms with Gasteiger partial charge in [-0.1, -0.05) is 78.9 Å². The Kier molecular flexibility index (Phi) is 11.3. The lowest BCUT2D eigenvalue weighted by Crippen LogP contribution is -2.54. The summed E-state index contributed by atoms with van der Waals surface area (Å²) >= 11 is 0. The standard InChI is InChI=1S/C28H29F4N3O9P2/c29-27(30,45(39,40)41)20-10-6-18(7-11-20)14-22(25(33)37)35-26(38)23(15-17-4-2-1-3-5-17)34-24(36)16-19-8-12-21(13-9-19)28(31,32)46(42,43)44/h1-13,22-23H,14-16H2,(H2,33,37)(H,34,36)(H,35,38)(H2,39,40,41)(H2,42,43,44)/t22-,23-/m0/s1. The second-order valence-corrected chi connectivity index (χ2v) is 13.5. The van der Waals surface area contributed by atoms with Crippen LogP contribution < -0.4 is 16.4 Å². The van der Waals surface area contributed by atoms with E-state index in [2.05, 4.69) is 10.6 Å². The van der Waals surface area contributed by atoms with E-state index in [1.807, 2.05) is 0 Å². The largest absolute Gasteiger partial charge is 0.399 e. The smallest absolute Gasteiger partial charge is 0.368 e. The predicted octanol–water partition coefficient (Wildman–Crippen LogP) is 2.62. The molecule has 0 spiro atoms. The minimum Gasteiger partial charge on any atom is -0.368 e. The number of carbonyl (C=O) groups excluding carboxylic acids is 3. The van der Waals surface area contributed by atoms with Gasteiger partial charge >= 0.3 is 26.5 Å². The first-order valence-electron chi connectivity index (χ1n) is 13.2. The molecule has 0 fully saturated rings. The van der Waals surface area contributed by atoms with Gasteiger partial charge in [0.15, 0.2) is 0 Å². The molecule has 0 bridgehead atoms. The molecule has 3 aromatic carbocycles. The van der Waals surface area contributed by atoms with Crippen LogP contribution in [0.3, 0.4) is 0 Å². The van der Waals surface area contributed by atoms with Crippen molar-refractivity contribution in [3.8, 4) is 0 Å². The van der Waals surface area contributed by atoms with E-state index in [-0.39, 0.29) is 24.0 Å². The van der Waals surface area contributed by atoms with Crippen LogP contribution in [0.1, 0.15) is 27.8 Å². The van der Waals surface area contributed by atoms with Gasteiger partial charge in [-0.2, -0.15) is 17.6 Å². The third-order valence-corrected chi connectivity index (χ3v) is 8.71. The van der Waals surface area contributed by atoms with Gasteiger partial charge in [-0.3, -0.25) is 23.5 Å². The summed E-state index contributed by atoms with van der Waals surface area (Å²) in [7, 11) is -11.6. The van der Waals surface area contributed by atoms with Gasteiger partial charge in [0.05, 0.1) is 6.42 Å². The molecule has 8 N–H and O–H groups in total. The summed E-state index contributed by atoms with van der Waals surface area (Å²) in [5.41, 5.74) is -4.42. The van der Waals surface area contributed by atoms with Crippen molar-refractivity contribution in [3.05, 3.63) is 107 Å². The van der Waals surface area contributed by atoms with Crippen molar-refractivity contribution in [1.29, 1.82) is 0 Å². The Morgan fingerprint density at radius 3 is 1.50 bits per heavy atom. The maximum absolute atomic E-state index is 14.0. The van der Waals surface area contributed by atoms with Crippen molar-refractivity contribution < 1.29 is 60.6 Å². The summed E-state index contributed by atoms with van der Waals surface area (Å²) in [6.45, 7) is 0. The number of halogens is 4. The molecule has 3 rings (SSSR count). The fraction of sp³-hybridized carbons (Fsp3) is 0.250. The Bertz CT molecular complexity index is 1650. The number of hydrogen-bond donors (Lipinski definition) is 7. The highest BCUT2D eigenvalue weighted by Gasteiger charge is 2.51. The Balaban J connectivity index is 1.76. The molecule has 0 heterocycles. The van der Waals surface area contributed by atoms with Crippen LogP contribution in [-0.4, -0.2) is 49.4 Å². The molecule has 0 saturated carbocycles. The summed E-state index contributed by atoms with van der Waals surface area (Å²) in [5, 5.41) is 4.90. The number of hydrogen-bond acceptors (Lipinski definition) is 5. The second-order valence-electron chi connectivity index (χ2n) is 10.2. The number of amides is 3. The Hall–Kier alpha value is -3.91. The van der Waals surface area contributed by atoms with Crippen molar-refractivity contribution in [2.45, 2.75) is 42.7 Å². The molecular formula is C28H29F4N3O9P2. The highest BCUT2D eigenvalue weighted by molar-refractivity contribution is 7.52. The van der Waals surface area contributed by atoms with Crippen LogP contribution in [0.4, 0.5) is 17.6 Å². The molecule has 0 aromatic heterocycles. The van der Waals surface area contributed by atoms with Crippen LogP contribution in [0.15, 0.2) is 78.9 Å². The van der Waals surface area contributed by atoms with E-state index in [0.29, 0.717) is 5.56 Å². The molecule has 3 amide bonds.